The number of carbonyl (C=O) groups is 2. The highest BCUT2D eigenvalue weighted by Crippen LogP contribution is 2.29. The molecule has 8 nitrogen and oxygen atoms in total. The zero-order valence-corrected chi connectivity index (χ0v) is 14.7. The molecule has 1 aromatic carbocycles. The predicted octanol–water partition coefficient (Wildman–Crippen LogP) is 2.64. The molecule has 0 saturated carbocycles. The fraction of sp³-hybridized carbons (Fsp3) is 0.235. The molecule has 2 heterocycles. The lowest BCUT2D eigenvalue weighted by molar-refractivity contribution is -0.137. The molecule has 0 bridgehead atoms. The van der Waals surface area contributed by atoms with E-state index in [1.807, 2.05) is 0 Å². The van der Waals surface area contributed by atoms with Crippen molar-refractivity contribution in [2.24, 2.45) is 0 Å². The Labute approximate surface area is 156 Å². The quantitative estimate of drug-likeness (QED) is 0.685. The molecule has 146 valence electrons. The van der Waals surface area contributed by atoms with E-state index in [1.165, 1.54) is 17.6 Å². The number of fused-ring (bicyclic) bond motifs is 1. The topological polar surface area (TPSA) is 98.5 Å². The van der Waals surface area contributed by atoms with Crippen molar-refractivity contribution < 1.29 is 27.5 Å². The minimum absolute atomic E-state index is 0.131. The smallest absolute Gasteiger partial charge is 0.416 e. The van der Waals surface area contributed by atoms with Gasteiger partial charge in [-0.15, -0.1) is 5.10 Å². The molecule has 28 heavy (non-hydrogen) atoms. The maximum absolute atomic E-state index is 12.6. The SMILES string of the molecule is Cc1ccnc2nc(C(=O)O[C@@H](C)C(=O)Nc3ccc(C(F)(F)F)cc3)nn12. The average Bonchev–Trinajstić information content (AvgIpc) is 3.07. The molecule has 3 rings (SSSR count). The number of hydrogen-bond donors (Lipinski definition) is 1. The number of nitrogens with one attached hydrogen (secondary N) is 1. The minimum atomic E-state index is -4.47. The molecule has 1 N–H and O–H groups in total. The summed E-state index contributed by atoms with van der Waals surface area (Å²) in [5.41, 5.74) is -0.0111. The van der Waals surface area contributed by atoms with E-state index in [0.717, 1.165) is 24.3 Å². The summed E-state index contributed by atoms with van der Waals surface area (Å²) < 4.78 is 44.0. The lowest BCUT2D eigenvalue weighted by Gasteiger charge is -2.13. The molecular formula is C17H14F3N5O3. The Bertz CT molecular complexity index is 1030. The van der Waals surface area contributed by atoms with Crippen molar-refractivity contribution in [3.05, 3.63) is 53.6 Å². The van der Waals surface area contributed by atoms with Crippen LogP contribution in [0.25, 0.3) is 5.78 Å². The van der Waals surface area contributed by atoms with Crippen LogP contribution < -0.4 is 5.32 Å². The molecule has 0 radical (unpaired) electrons. The highest BCUT2D eigenvalue weighted by molar-refractivity contribution is 5.96. The van der Waals surface area contributed by atoms with E-state index in [4.69, 9.17) is 4.74 Å². The van der Waals surface area contributed by atoms with Crippen LogP contribution in [0.5, 0.6) is 0 Å². The number of halogens is 3. The first-order chi connectivity index (χ1) is 13.1. The number of esters is 1. The number of alkyl halides is 3. The van der Waals surface area contributed by atoms with Gasteiger partial charge in [0, 0.05) is 17.6 Å². The number of aryl methyl sites for hydroxylation is 1. The van der Waals surface area contributed by atoms with Gasteiger partial charge in [-0.25, -0.2) is 14.3 Å². The van der Waals surface area contributed by atoms with Crippen molar-refractivity contribution in [1.29, 1.82) is 0 Å². The van der Waals surface area contributed by atoms with Crippen LogP contribution in [0.4, 0.5) is 18.9 Å². The van der Waals surface area contributed by atoms with Gasteiger partial charge in [-0.3, -0.25) is 4.79 Å². The number of anilines is 1. The van der Waals surface area contributed by atoms with Crippen LogP contribution >= 0.6 is 0 Å². The maximum atomic E-state index is 12.6. The lowest BCUT2D eigenvalue weighted by atomic mass is 10.2. The first-order valence-electron chi connectivity index (χ1n) is 8.02. The number of amides is 1. The summed E-state index contributed by atoms with van der Waals surface area (Å²) in [4.78, 5) is 32.2. The first-order valence-corrected chi connectivity index (χ1v) is 8.02. The van der Waals surface area contributed by atoms with Crippen LogP contribution in [0, 0.1) is 6.92 Å². The van der Waals surface area contributed by atoms with Crippen molar-refractivity contribution in [3.63, 3.8) is 0 Å². The van der Waals surface area contributed by atoms with Crippen molar-refractivity contribution in [1.82, 2.24) is 19.6 Å². The van der Waals surface area contributed by atoms with Gasteiger partial charge in [0.1, 0.15) is 0 Å². The Hall–Kier alpha value is -3.50. The molecular weight excluding hydrogens is 379 g/mol. The fourth-order valence-electron chi connectivity index (χ4n) is 2.25. The zero-order chi connectivity index (χ0) is 20.5. The average molecular weight is 393 g/mol. The van der Waals surface area contributed by atoms with E-state index in [1.54, 1.807) is 13.0 Å². The second-order valence-corrected chi connectivity index (χ2v) is 5.85. The molecule has 0 aliphatic carbocycles. The van der Waals surface area contributed by atoms with Crippen LogP contribution in [-0.4, -0.2) is 37.6 Å². The van der Waals surface area contributed by atoms with Crippen LogP contribution in [0.15, 0.2) is 36.5 Å². The fourth-order valence-corrected chi connectivity index (χ4v) is 2.25. The monoisotopic (exact) mass is 393 g/mol. The summed E-state index contributed by atoms with van der Waals surface area (Å²) in [6.45, 7) is 3.06. The lowest BCUT2D eigenvalue weighted by Crippen LogP contribution is -2.30. The molecule has 0 aliphatic heterocycles. The van der Waals surface area contributed by atoms with Gasteiger partial charge in [-0.05, 0) is 44.2 Å². The molecule has 11 heteroatoms. The van der Waals surface area contributed by atoms with Gasteiger partial charge in [0.25, 0.3) is 17.5 Å². The Balaban J connectivity index is 1.64. The van der Waals surface area contributed by atoms with E-state index < -0.39 is 29.7 Å². The Morgan fingerprint density at radius 3 is 2.46 bits per heavy atom. The molecule has 0 fully saturated rings. The summed E-state index contributed by atoms with van der Waals surface area (Å²) in [6.07, 6.45) is -4.19. The molecule has 1 atom stereocenters. The summed E-state index contributed by atoms with van der Waals surface area (Å²) in [5, 5.41) is 6.34. The summed E-state index contributed by atoms with van der Waals surface area (Å²) in [6, 6.07) is 5.56. The Kier molecular flexibility index (Phi) is 4.99. The summed E-state index contributed by atoms with van der Waals surface area (Å²) >= 11 is 0. The van der Waals surface area contributed by atoms with Gasteiger partial charge < -0.3 is 10.1 Å². The van der Waals surface area contributed by atoms with Crippen LogP contribution in [0.1, 0.15) is 28.8 Å². The second-order valence-electron chi connectivity index (χ2n) is 5.85. The van der Waals surface area contributed by atoms with E-state index in [2.05, 4.69) is 20.4 Å². The van der Waals surface area contributed by atoms with E-state index in [0.29, 0.717) is 5.69 Å². The van der Waals surface area contributed by atoms with Gasteiger partial charge in [0.2, 0.25) is 0 Å². The van der Waals surface area contributed by atoms with Gasteiger partial charge in [-0.2, -0.15) is 18.2 Å². The highest BCUT2D eigenvalue weighted by Gasteiger charge is 2.30. The second kappa shape index (κ2) is 7.25. The molecule has 2 aromatic heterocycles. The third kappa shape index (κ3) is 4.08. The largest absolute Gasteiger partial charge is 0.447 e. The predicted molar refractivity (Wildman–Crippen MR) is 90.5 cm³/mol. The third-order valence-electron chi connectivity index (χ3n) is 3.75. The highest BCUT2D eigenvalue weighted by atomic mass is 19.4. The number of benzene rings is 1. The number of hydrogen-bond acceptors (Lipinski definition) is 6. The summed E-state index contributed by atoms with van der Waals surface area (Å²) in [5.74, 6) is -1.71. The van der Waals surface area contributed by atoms with Crippen LogP contribution in [0.2, 0.25) is 0 Å². The molecule has 0 saturated heterocycles. The number of carbonyl (C=O) groups excluding carboxylic acids is 2. The third-order valence-corrected chi connectivity index (χ3v) is 3.75. The van der Waals surface area contributed by atoms with E-state index >= 15 is 0 Å². The number of rotatable bonds is 4. The van der Waals surface area contributed by atoms with Gasteiger partial charge in [-0.1, -0.05) is 0 Å². The van der Waals surface area contributed by atoms with Crippen LogP contribution in [-0.2, 0) is 15.7 Å². The number of nitrogens with zero attached hydrogens (tertiary/aromatic N) is 4. The van der Waals surface area contributed by atoms with E-state index in [-0.39, 0.29) is 17.3 Å². The van der Waals surface area contributed by atoms with E-state index in [9.17, 15) is 22.8 Å². The van der Waals surface area contributed by atoms with Gasteiger partial charge >= 0.3 is 12.1 Å². The number of ether oxygens (including phenoxy) is 1. The molecule has 0 aliphatic rings. The van der Waals surface area contributed by atoms with Crippen molar-refractivity contribution in [2.75, 3.05) is 5.32 Å². The van der Waals surface area contributed by atoms with Crippen LogP contribution in [0.3, 0.4) is 0 Å². The Morgan fingerprint density at radius 2 is 1.86 bits per heavy atom. The maximum Gasteiger partial charge on any atom is 0.416 e. The minimum Gasteiger partial charge on any atom is -0.447 e. The molecule has 1 amide bonds. The van der Waals surface area contributed by atoms with Gasteiger partial charge in [0.05, 0.1) is 5.56 Å². The van der Waals surface area contributed by atoms with Crippen molar-refractivity contribution >= 4 is 23.3 Å². The van der Waals surface area contributed by atoms with Crippen molar-refractivity contribution in [3.8, 4) is 0 Å². The first kappa shape index (κ1) is 19.3. The molecule has 0 spiro atoms. The standard InChI is InChI=1S/C17H14F3N5O3/c1-9-7-8-21-16-23-13(24-25(9)16)15(27)28-10(2)14(26)22-12-5-3-11(4-6-12)17(18,19)20/h3-8,10H,1-2H3,(H,22,26)/t10-/m0/s1. The zero-order valence-electron chi connectivity index (χ0n) is 14.7. The van der Waals surface area contributed by atoms with Crippen molar-refractivity contribution in [2.45, 2.75) is 26.1 Å². The number of aromatic nitrogens is 4. The Morgan fingerprint density at radius 1 is 1.18 bits per heavy atom. The summed E-state index contributed by atoms with van der Waals surface area (Å²) in [7, 11) is 0. The normalized spacial score (nSPS) is 12.6. The molecule has 0 unspecified atom stereocenters. The van der Waals surface area contributed by atoms with Gasteiger partial charge in [0.15, 0.2) is 6.10 Å². The molecule has 3 aromatic rings.